The van der Waals surface area contributed by atoms with Gasteiger partial charge in [-0.25, -0.2) is 4.79 Å². The predicted molar refractivity (Wildman–Crippen MR) is 137 cm³/mol. The first kappa shape index (κ1) is 25.7. The van der Waals surface area contributed by atoms with E-state index in [4.69, 9.17) is 9.47 Å². The van der Waals surface area contributed by atoms with Crippen LogP contribution in [-0.2, 0) is 35.5 Å². The Hall–Kier alpha value is -2.87. The molecular weight excluding hydrogens is 472 g/mol. The molecule has 0 bridgehead atoms. The van der Waals surface area contributed by atoms with Crippen molar-refractivity contribution in [1.82, 2.24) is 4.90 Å². The molecule has 0 saturated carbocycles. The van der Waals surface area contributed by atoms with Crippen molar-refractivity contribution in [2.75, 3.05) is 25.6 Å². The largest absolute Gasteiger partial charge is 0.497 e. The summed E-state index contributed by atoms with van der Waals surface area (Å²) in [6, 6.07) is 17.8. The van der Waals surface area contributed by atoms with E-state index in [0.717, 1.165) is 47.8 Å². The van der Waals surface area contributed by atoms with E-state index in [9.17, 15) is 9.59 Å². The average molecular weight is 501 g/mol. The van der Waals surface area contributed by atoms with Crippen LogP contribution >= 0.6 is 23.7 Å². The van der Waals surface area contributed by atoms with Gasteiger partial charge in [-0.2, -0.15) is 0 Å². The summed E-state index contributed by atoms with van der Waals surface area (Å²) < 4.78 is 10.5. The third-order valence-electron chi connectivity index (χ3n) is 5.64. The second-order valence-electron chi connectivity index (χ2n) is 7.95. The molecule has 1 aliphatic rings. The van der Waals surface area contributed by atoms with Crippen molar-refractivity contribution in [1.29, 1.82) is 0 Å². The van der Waals surface area contributed by atoms with Crippen LogP contribution in [-0.4, -0.2) is 37.0 Å². The van der Waals surface area contributed by atoms with Crippen LogP contribution in [0.2, 0.25) is 0 Å². The Kier molecular flexibility index (Phi) is 9.10. The molecule has 0 unspecified atom stereocenters. The number of ether oxygens (including phenoxy) is 2. The third kappa shape index (κ3) is 6.17. The fourth-order valence-electron chi connectivity index (χ4n) is 4.04. The lowest BCUT2D eigenvalue weighted by molar-refractivity contribution is -0.115. The van der Waals surface area contributed by atoms with Crippen LogP contribution in [0.15, 0.2) is 54.6 Å². The Morgan fingerprint density at radius 3 is 2.47 bits per heavy atom. The molecule has 0 atom stereocenters. The molecule has 34 heavy (non-hydrogen) atoms. The highest BCUT2D eigenvalue weighted by Crippen LogP contribution is 2.38. The van der Waals surface area contributed by atoms with Crippen LogP contribution in [0.4, 0.5) is 5.00 Å². The van der Waals surface area contributed by atoms with Gasteiger partial charge in [-0.3, -0.25) is 9.69 Å². The fraction of sp³-hybridized carbons (Fsp3) is 0.308. The molecule has 0 saturated heterocycles. The first-order chi connectivity index (χ1) is 16.1. The molecule has 6 nitrogen and oxygen atoms in total. The van der Waals surface area contributed by atoms with Gasteiger partial charge < -0.3 is 14.8 Å². The van der Waals surface area contributed by atoms with Gasteiger partial charge >= 0.3 is 5.97 Å². The highest BCUT2D eigenvalue weighted by molar-refractivity contribution is 7.17. The maximum atomic E-state index is 12.8. The van der Waals surface area contributed by atoms with E-state index in [1.807, 2.05) is 42.5 Å². The maximum Gasteiger partial charge on any atom is 0.341 e. The summed E-state index contributed by atoms with van der Waals surface area (Å²) in [6.45, 7) is 4.54. The van der Waals surface area contributed by atoms with E-state index in [0.29, 0.717) is 17.2 Å². The number of halogens is 1. The van der Waals surface area contributed by atoms with Crippen molar-refractivity contribution >= 4 is 40.6 Å². The van der Waals surface area contributed by atoms with Gasteiger partial charge in [0.1, 0.15) is 10.8 Å². The lowest BCUT2D eigenvalue weighted by Crippen LogP contribution is -2.30. The van der Waals surface area contributed by atoms with E-state index in [2.05, 4.69) is 22.3 Å². The summed E-state index contributed by atoms with van der Waals surface area (Å²) in [5.74, 6) is 0.214. The smallest absolute Gasteiger partial charge is 0.341 e. The standard InChI is InChI=1S/C26H28N2O4S.ClH/c1-3-32-26(30)24-21-13-14-28(16-19-7-5-4-6-8-19)17-22(21)33-25(24)27-23(29)15-18-9-11-20(31-2)12-10-18;/h4-12H,3,13-17H2,1-2H3,(H,27,29);1H. The van der Waals surface area contributed by atoms with E-state index < -0.39 is 0 Å². The second kappa shape index (κ2) is 12.0. The van der Waals surface area contributed by atoms with Gasteiger partial charge in [0.2, 0.25) is 5.91 Å². The lowest BCUT2D eigenvalue weighted by atomic mass is 10.0. The molecular formula is C26H29ClN2O4S. The number of anilines is 1. The Balaban J connectivity index is 0.00000324. The summed E-state index contributed by atoms with van der Waals surface area (Å²) in [6.07, 6.45) is 0.968. The number of esters is 1. The molecule has 0 aliphatic carbocycles. The zero-order valence-electron chi connectivity index (χ0n) is 19.3. The first-order valence-corrected chi connectivity index (χ1v) is 11.9. The predicted octanol–water partition coefficient (Wildman–Crippen LogP) is 5.09. The van der Waals surface area contributed by atoms with Crippen molar-refractivity contribution in [3.8, 4) is 5.75 Å². The van der Waals surface area contributed by atoms with Crippen molar-refractivity contribution in [3.63, 3.8) is 0 Å². The number of benzene rings is 2. The molecule has 0 spiro atoms. The van der Waals surface area contributed by atoms with E-state index in [1.165, 1.54) is 16.9 Å². The molecule has 0 fully saturated rings. The summed E-state index contributed by atoms with van der Waals surface area (Å²) in [5.41, 5.74) is 3.65. The number of carbonyl (C=O) groups excluding carboxylic acids is 2. The van der Waals surface area contributed by atoms with Gasteiger partial charge in [-0.1, -0.05) is 42.5 Å². The highest BCUT2D eigenvalue weighted by Gasteiger charge is 2.29. The fourth-order valence-corrected chi connectivity index (χ4v) is 5.33. The number of thiophene rings is 1. The Bertz CT molecular complexity index is 1120. The van der Waals surface area contributed by atoms with Crippen LogP contribution in [0.5, 0.6) is 5.75 Å². The normalized spacial score (nSPS) is 12.9. The van der Waals surface area contributed by atoms with E-state index in [1.54, 1.807) is 14.0 Å². The monoisotopic (exact) mass is 500 g/mol. The number of nitrogens with zero attached hydrogens (tertiary/aromatic N) is 1. The minimum absolute atomic E-state index is 0. The highest BCUT2D eigenvalue weighted by atomic mass is 35.5. The summed E-state index contributed by atoms with van der Waals surface area (Å²) in [7, 11) is 1.61. The lowest BCUT2D eigenvalue weighted by Gasteiger charge is -2.27. The average Bonchev–Trinajstić information content (AvgIpc) is 3.17. The number of amides is 1. The maximum absolute atomic E-state index is 12.8. The minimum atomic E-state index is -0.369. The third-order valence-corrected chi connectivity index (χ3v) is 6.77. The number of hydrogen-bond acceptors (Lipinski definition) is 6. The van der Waals surface area contributed by atoms with Gasteiger partial charge in [0, 0.05) is 24.5 Å². The Morgan fingerprint density at radius 2 is 1.79 bits per heavy atom. The molecule has 1 aromatic heterocycles. The van der Waals surface area contributed by atoms with Gasteiger partial charge in [-0.05, 0) is 42.2 Å². The second-order valence-corrected chi connectivity index (χ2v) is 9.05. The van der Waals surface area contributed by atoms with Gasteiger partial charge in [0.25, 0.3) is 0 Å². The molecule has 0 radical (unpaired) electrons. The van der Waals surface area contributed by atoms with Crippen LogP contribution in [0.25, 0.3) is 0 Å². The molecule has 1 N–H and O–H groups in total. The van der Waals surface area contributed by atoms with Crippen molar-refractivity contribution < 1.29 is 19.1 Å². The number of rotatable bonds is 8. The van der Waals surface area contributed by atoms with Crippen molar-refractivity contribution in [3.05, 3.63) is 81.7 Å². The summed E-state index contributed by atoms with van der Waals surface area (Å²) >= 11 is 1.48. The first-order valence-electron chi connectivity index (χ1n) is 11.1. The molecule has 8 heteroatoms. The van der Waals surface area contributed by atoms with Gasteiger partial charge in [0.05, 0.1) is 25.7 Å². The molecule has 2 heterocycles. The van der Waals surface area contributed by atoms with Gasteiger partial charge in [-0.15, -0.1) is 23.7 Å². The topological polar surface area (TPSA) is 67.9 Å². The molecule has 4 rings (SSSR count). The minimum Gasteiger partial charge on any atom is -0.497 e. The molecule has 1 amide bonds. The zero-order chi connectivity index (χ0) is 23.2. The molecule has 3 aromatic rings. The Morgan fingerprint density at radius 1 is 1.06 bits per heavy atom. The number of fused-ring (bicyclic) bond motifs is 1. The number of methoxy groups -OCH3 is 1. The summed E-state index contributed by atoms with van der Waals surface area (Å²) in [4.78, 5) is 29.1. The van der Waals surface area contributed by atoms with Crippen LogP contribution < -0.4 is 10.1 Å². The van der Waals surface area contributed by atoms with Crippen molar-refractivity contribution in [2.24, 2.45) is 0 Å². The van der Waals surface area contributed by atoms with E-state index in [-0.39, 0.29) is 30.7 Å². The zero-order valence-corrected chi connectivity index (χ0v) is 21.0. The number of nitrogens with one attached hydrogen (secondary N) is 1. The van der Waals surface area contributed by atoms with E-state index >= 15 is 0 Å². The molecule has 180 valence electrons. The molecule has 1 aliphatic heterocycles. The number of hydrogen-bond donors (Lipinski definition) is 1. The summed E-state index contributed by atoms with van der Waals surface area (Å²) in [5, 5.41) is 3.56. The van der Waals surface area contributed by atoms with Crippen LogP contribution in [0, 0.1) is 0 Å². The molecule has 2 aromatic carbocycles. The quantitative estimate of drug-likeness (QED) is 0.436. The van der Waals surface area contributed by atoms with Crippen molar-refractivity contribution in [2.45, 2.75) is 32.9 Å². The van der Waals surface area contributed by atoms with Gasteiger partial charge in [0.15, 0.2) is 0 Å². The Labute approximate surface area is 210 Å². The van der Waals surface area contributed by atoms with Crippen LogP contribution in [0.3, 0.4) is 0 Å². The number of carbonyl (C=O) groups is 2. The SMILES string of the molecule is CCOC(=O)c1c(NC(=O)Cc2ccc(OC)cc2)sc2c1CCN(Cc1ccccc1)C2.Cl. The van der Waals surface area contributed by atoms with Crippen LogP contribution in [0.1, 0.15) is 38.8 Å².